The standard InChI is InChI=1S/C17H37N.FH/c1-4-7-9-10-12-14-16(13-11-8-5-2)15-17(18)6-3;/h16-17H,4-15,18H2,1-3H3;1H. The van der Waals surface area contributed by atoms with Crippen molar-refractivity contribution in [1.29, 1.82) is 0 Å². The molecule has 0 radical (unpaired) electrons. The molecule has 1 nitrogen and oxygen atoms in total. The fourth-order valence-electron chi connectivity index (χ4n) is 2.69. The van der Waals surface area contributed by atoms with Crippen LogP contribution in [-0.2, 0) is 0 Å². The number of rotatable bonds is 13. The molecule has 0 aromatic rings. The van der Waals surface area contributed by atoms with Crippen LogP contribution in [0.1, 0.15) is 97.8 Å². The summed E-state index contributed by atoms with van der Waals surface area (Å²) in [5.41, 5.74) is 6.13. The highest BCUT2D eigenvalue weighted by Crippen LogP contribution is 2.23. The van der Waals surface area contributed by atoms with E-state index < -0.39 is 0 Å². The third kappa shape index (κ3) is 14.1. The molecule has 0 spiro atoms. The molecular formula is C17H38FN. The van der Waals surface area contributed by atoms with E-state index in [4.69, 9.17) is 5.73 Å². The van der Waals surface area contributed by atoms with Gasteiger partial charge in [0, 0.05) is 6.04 Å². The van der Waals surface area contributed by atoms with Gasteiger partial charge in [0.25, 0.3) is 0 Å². The van der Waals surface area contributed by atoms with Gasteiger partial charge >= 0.3 is 0 Å². The molecule has 2 atom stereocenters. The fraction of sp³-hybridized carbons (Fsp3) is 1.00. The van der Waals surface area contributed by atoms with Crippen molar-refractivity contribution in [2.24, 2.45) is 11.7 Å². The summed E-state index contributed by atoms with van der Waals surface area (Å²) in [5.74, 6) is 0.896. The van der Waals surface area contributed by atoms with Gasteiger partial charge in [-0.25, -0.2) is 0 Å². The maximum atomic E-state index is 6.13. The molecular weight excluding hydrogens is 237 g/mol. The van der Waals surface area contributed by atoms with Gasteiger partial charge in [-0.15, -0.1) is 0 Å². The highest BCUT2D eigenvalue weighted by molar-refractivity contribution is 4.68. The predicted octanol–water partition coefficient (Wildman–Crippen LogP) is 5.82. The van der Waals surface area contributed by atoms with Gasteiger partial charge in [-0.3, -0.25) is 4.70 Å². The lowest BCUT2D eigenvalue weighted by Gasteiger charge is -2.20. The smallest absolute Gasteiger partial charge is 0.00388 e. The maximum Gasteiger partial charge on any atom is 0.00388 e. The van der Waals surface area contributed by atoms with E-state index in [-0.39, 0.29) is 4.70 Å². The van der Waals surface area contributed by atoms with Crippen LogP contribution >= 0.6 is 0 Å². The minimum absolute atomic E-state index is 0. The topological polar surface area (TPSA) is 26.0 Å². The van der Waals surface area contributed by atoms with E-state index in [0.29, 0.717) is 6.04 Å². The van der Waals surface area contributed by atoms with E-state index in [2.05, 4.69) is 20.8 Å². The van der Waals surface area contributed by atoms with Crippen LogP contribution in [0.2, 0.25) is 0 Å². The Balaban J connectivity index is 0. The number of nitrogens with two attached hydrogens (primary N) is 1. The number of unbranched alkanes of at least 4 members (excludes halogenated alkanes) is 6. The first kappa shape index (κ1) is 21.2. The molecule has 0 fully saturated rings. The fourth-order valence-corrected chi connectivity index (χ4v) is 2.69. The minimum atomic E-state index is 0. The van der Waals surface area contributed by atoms with E-state index in [1.807, 2.05) is 0 Å². The van der Waals surface area contributed by atoms with Gasteiger partial charge in [-0.05, 0) is 18.8 Å². The van der Waals surface area contributed by atoms with Crippen molar-refractivity contribution in [2.45, 2.75) is 104 Å². The van der Waals surface area contributed by atoms with Crippen LogP contribution in [0, 0.1) is 5.92 Å². The molecule has 0 aliphatic carbocycles. The Bertz CT molecular complexity index is 161. The molecule has 0 aromatic carbocycles. The molecule has 2 unspecified atom stereocenters. The minimum Gasteiger partial charge on any atom is -0.328 e. The van der Waals surface area contributed by atoms with E-state index >= 15 is 0 Å². The monoisotopic (exact) mass is 275 g/mol. The van der Waals surface area contributed by atoms with Gasteiger partial charge in [0.15, 0.2) is 0 Å². The summed E-state index contributed by atoms with van der Waals surface area (Å²) in [4.78, 5) is 0. The lowest BCUT2D eigenvalue weighted by molar-refractivity contribution is 0.352. The van der Waals surface area contributed by atoms with Gasteiger partial charge in [0.2, 0.25) is 0 Å². The molecule has 0 aliphatic rings. The van der Waals surface area contributed by atoms with Crippen LogP contribution in [0.3, 0.4) is 0 Å². The Morgan fingerprint density at radius 3 is 1.74 bits per heavy atom. The third-order valence-electron chi connectivity index (χ3n) is 4.09. The Labute approximate surface area is 121 Å². The highest BCUT2D eigenvalue weighted by Gasteiger charge is 2.12. The molecule has 0 heterocycles. The molecule has 0 aliphatic heterocycles. The first-order valence-corrected chi connectivity index (χ1v) is 8.50. The summed E-state index contributed by atoms with van der Waals surface area (Å²) < 4.78 is 0. The highest BCUT2D eigenvalue weighted by atomic mass is 19.0. The molecule has 0 aromatic heterocycles. The average molecular weight is 275 g/mol. The summed E-state index contributed by atoms with van der Waals surface area (Å²) in [7, 11) is 0. The van der Waals surface area contributed by atoms with Crippen LogP contribution in [0.5, 0.6) is 0 Å². The predicted molar refractivity (Wildman–Crippen MR) is 86.4 cm³/mol. The Morgan fingerprint density at radius 2 is 1.21 bits per heavy atom. The van der Waals surface area contributed by atoms with Crippen LogP contribution in [0.25, 0.3) is 0 Å². The maximum absolute atomic E-state index is 6.13. The SMILES string of the molecule is CCCCCCCC(CCCCC)CC(N)CC.F. The largest absolute Gasteiger partial charge is 0.328 e. The second kappa shape index (κ2) is 15.9. The van der Waals surface area contributed by atoms with E-state index in [0.717, 1.165) is 12.3 Å². The quantitative estimate of drug-likeness (QED) is 0.421. The Hall–Kier alpha value is -0.110. The molecule has 118 valence electrons. The van der Waals surface area contributed by atoms with Gasteiger partial charge < -0.3 is 5.73 Å². The second-order valence-electron chi connectivity index (χ2n) is 5.97. The molecule has 2 N–H and O–H groups in total. The molecule has 0 saturated carbocycles. The van der Waals surface area contributed by atoms with Crippen LogP contribution < -0.4 is 5.73 Å². The van der Waals surface area contributed by atoms with Crippen molar-refractivity contribution in [3.63, 3.8) is 0 Å². The number of halogens is 1. The van der Waals surface area contributed by atoms with E-state index in [1.54, 1.807) is 0 Å². The summed E-state index contributed by atoms with van der Waals surface area (Å²) in [5, 5.41) is 0. The molecule has 19 heavy (non-hydrogen) atoms. The first-order chi connectivity index (χ1) is 8.74. The molecule has 2 heteroatoms. The summed E-state index contributed by atoms with van der Waals surface area (Å²) >= 11 is 0. The van der Waals surface area contributed by atoms with E-state index in [1.165, 1.54) is 70.6 Å². The lowest BCUT2D eigenvalue weighted by Crippen LogP contribution is -2.22. The zero-order valence-corrected chi connectivity index (χ0v) is 13.6. The van der Waals surface area contributed by atoms with Gasteiger partial charge in [-0.1, -0.05) is 85.0 Å². The molecule has 0 saturated heterocycles. The van der Waals surface area contributed by atoms with Gasteiger partial charge in [0.1, 0.15) is 0 Å². The molecule has 0 amide bonds. The molecule has 0 rings (SSSR count). The third-order valence-corrected chi connectivity index (χ3v) is 4.09. The summed E-state index contributed by atoms with van der Waals surface area (Å²) in [6.45, 7) is 6.79. The van der Waals surface area contributed by atoms with Gasteiger partial charge in [-0.2, -0.15) is 0 Å². The number of hydrogen-bond donors (Lipinski definition) is 1. The van der Waals surface area contributed by atoms with Crippen molar-refractivity contribution in [3.8, 4) is 0 Å². The van der Waals surface area contributed by atoms with Crippen LogP contribution in [0.4, 0.5) is 4.70 Å². The van der Waals surface area contributed by atoms with Crippen LogP contribution in [-0.4, -0.2) is 6.04 Å². The van der Waals surface area contributed by atoms with Gasteiger partial charge in [0.05, 0.1) is 0 Å². The summed E-state index contributed by atoms with van der Waals surface area (Å²) in [6, 6.07) is 0.437. The second-order valence-corrected chi connectivity index (χ2v) is 5.97. The Morgan fingerprint density at radius 1 is 0.737 bits per heavy atom. The first-order valence-electron chi connectivity index (χ1n) is 8.50. The van der Waals surface area contributed by atoms with Crippen molar-refractivity contribution < 1.29 is 4.70 Å². The van der Waals surface area contributed by atoms with E-state index in [9.17, 15) is 0 Å². The number of hydrogen-bond acceptors (Lipinski definition) is 1. The van der Waals surface area contributed by atoms with Crippen molar-refractivity contribution in [3.05, 3.63) is 0 Å². The average Bonchev–Trinajstić information content (AvgIpc) is 2.38. The molecule has 0 bridgehead atoms. The lowest BCUT2D eigenvalue weighted by atomic mass is 9.88. The summed E-state index contributed by atoms with van der Waals surface area (Å²) in [6.07, 6.45) is 16.4. The van der Waals surface area contributed by atoms with Crippen LogP contribution in [0.15, 0.2) is 0 Å². The van der Waals surface area contributed by atoms with Crippen molar-refractivity contribution in [1.82, 2.24) is 0 Å². The zero-order valence-electron chi connectivity index (χ0n) is 13.6. The Kier molecular flexibility index (Phi) is 17.8. The van der Waals surface area contributed by atoms with Crippen molar-refractivity contribution in [2.75, 3.05) is 0 Å². The normalized spacial score (nSPS) is 13.9. The van der Waals surface area contributed by atoms with Crippen molar-refractivity contribution >= 4 is 0 Å². The zero-order chi connectivity index (χ0) is 13.6.